The monoisotopic (exact) mass is 277 g/mol. The van der Waals surface area contributed by atoms with Crippen molar-refractivity contribution in [2.75, 3.05) is 11.9 Å². The summed E-state index contributed by atoms with van der Waals surface area (Å²) < 4.78 is 0. The van der Waals surface area contributed by atoms with E-state index >= 15 is 0 Å². The van der Waals surface area contributed by atoms with Crippen LogP contribution in [0.4, 0.5) is 5.95 Å². The predicted molar refractivity (Wildman–Crippen MR) is 77.6 cm³/mol. The topological polar surface area (TPSA) is 63.6 Å². The number of thiazole rings is 1. The number of rotatable bonds is 6. The number of hydrogen-bond acceptors (Lipinski definition) is 6. The predicted octanol–water partition coefficient (Wildman–Crippen LogP) is 2.42. The first-order chi connectivity index (χ1) is 9.22. The normalized spacial score (nSPS) is 10.7. The maximum Gasteiger partial charge on any atom is 0.242 e. The van der Waals surface area contributed by atoms with Crippen molar-refractivity contribution in [2.24, 2.45) is 0 Å². The van der Waals surface area contributed by atoms with E-state index in [1.165, 1.54) is 0 Å². The van der Waals surface area contributed by atoms with Crippen molar-refractivity contribution in [3.8, 4) is 0 Å². The minimum absolute atomic E-state index is 0.612. The van der Waals surface area contributed by atoms with Gasteiger partial charge in [-0.05, 0) is 19.8 Å². The molecule has 19 heavy (non-hydrogen) atoms. The molecule has 0 aromatic carbocycles. The van der Waals surface area contributed by atoms with Crippen molar-refractivity contribution in [1.82, 2.24) is 20.2 Å². The first-order valence-corrected chi connectivity index (χ1v) is 7.48. The fraction of sp³-hybridized carbons (Fsp3) is 0.538. The van der Waals surface area contributed by atoms with Crippen LogP contribution in [-0.2, 0) is 19.3 Å². The largest absolute Gasteiger partial charge is 0.353 e. The second-order valence-electron chi connectivity index (χ2n) is 4.27. The van der Waals surface area contributed by atoms with Crippen molar-refractivity contribution in [3.63, 3.8) is 0 Å². The summed E-state index contributed by atoms with van der Waals surface area (Å²) in [4.78, 5) is 8.92. The van der Waals surface area contributed by atoms with Crippen LogP contribution in [-0.4, -0.2) is 26.7 Å². The van der Waals surface area contributed by atoms with E-state index in [0.717, 1.165) is 47.9 Å². The average molecular weight is 277 g/mol. The van der Waals surface area contributed by atoms with E-state index < -0.39 is 0 Å². The van der Waals surface area contributed by atoms with Gasteiger partial charge in [-0.15, -0.1) is 16.4 Å². The molecule has 2 aromatic rings. The third kappa shape index (κ3) is 3.70. The highest BCUT2D eigenvalue weighted by molar-refractivity contribution is 7.09. The zero-order valence-corrected chi connectivity index (χ0v) is 12.4. The fourth-order valence-electron chi connectivity index (χ4n) is 1.84. The molecule has 0 aliphatic carbocycles. The quantitative estimate of drug-likeness (QED) is 0.878. The fourth-order valence-corrected chi connectivity index (χ4v) is 2.49. The Kier molecular flexibility index (Phi) is 4.79. The maximum absolute atomic E-state index is 4.50. The van der Waals surface area contributed by atoms with Gasteiger partial charge < -0.3 is 5.32 Å². The van der Waals surface area contributed by atoms with E-state index in [1.54, 1.807) is 11.3 Å². The molecule has 0 amide bonds. The number of nitrogens with one attached hydrogen (secondary N) is 1. The number of aromatic nitrogens is 4. The van der Waals surface area contributed by atoms with Crippen LogP contribution in [0.2, 0.25) is 0 Å². The van der Waals surface area contributed by atoms with Crippen molar-refractivity contribution in [1.29, 1.82) is 0 Å². The van der Waals surface area contributed by atoms with E-state index in [9.17, 15) is 0 Å². The SMILES string of the molecule is CCc1nnc(NCCc2csc(C)n2)nc1CC. The summed E-state index contributed by atoms with van der Waals surface area (Å²) in [5.41, 5.74) is 3.14. The van der Waals surface area contributed by atoms with Crippen LogP contribution >= 0.6 is 11.3 Å². The standard InChI is InChI=1S/C13H19N5S/c1-4-11-12(5-2)17-18-13(16-11)14-7-6-10-8-19-9(3)15-10/h8H,4-7H2,1-3H3,(H,14,16,18). The minimum Gasteiger partial charge on any atom is -0.353 e. The van der Waals surface area contributed by atoms with E-state index in [4.69, 9.17) is 0 Å². The molecule has 0 aliphatic rings. The summed E-state index contributed by atoms with van der Waals surface area (Å²) in [7, 11) is 0. The lowest BCUT2D eigenvalue weighted by Gasteiger charge is -2.07. The van der Waals surface area contributed by atoms with Gasteiger partial charge in [0.25, 0.3) is 0 Å². The Bertz CT molecular complexity index is 538. The molecule has 0 spiro atoms. The van der Waals surface area contributed by atoms with Crippen LogP contribution < -0.4 is 5.32 Å². The highest BCUT2D eigenvalue weighted by Crippen LogP contribution is 2.09. The van der Waals surface area contributed by atoms with Gasteiger partial charge >= 0.3 is 0 Å². The Hall–Kier alpha value is -1.56. The molecule has 5 nitrogen and oxygen atoms in total. The molecule has 0 aliphatic heterocycles. The summed E-state index contributed by atoms with van der Waals surface area (Å²) in [6.45, 7) is 6.96. The van der Waals surface area contributed by atoms with E-state index in [0.29, 0.717) is 5.95 Å². The zero-order valence-electron chi connectivity index (χ0n) is 11.6. The molecule has 0 saturated carbocycles. The van der Waals surface area contributed by atoms with Gasteiger partial charge in [0.2, 0.25) is 5.95 Å². The van der Waals surface area contributed by atoms with Crippen molar-refractivity contribution in [3.05, 3.63) is 27.5 Å². The summed E-state index contributed by atoms with van der Waals surface area (Å²) >= 11 is 1.68. The number of anilines is 1. The molecule has 0 fully saturated rings. The average Bonchev–Trinajstić information content (AvgIpc) is 2.84. The molecule has 0 bridgehead atoms. The highest BCUT2D eigenvalue weighted by Gasteiger charge is 2.06. The van der Waals surface area contributed by atoms with Gasteiger partial charge in [0.15, 0.2) is 0 Å². The molecular weight excluding hydrogens is 258 g/mol. The lowest BCUT2D eigenvalue weighted by molar-refractivity contribution is 0.815. The highest BCUT2D eigenvalue weighted by atomic mass is 32.1. The lowest BCUT2D eigenvalue weighted by atomic mass is 10.2. The van der Waals surface area contributed by atoms with E-state index in [-0.39, 0.29) is 0 Å². The first-order valence-electron chi connectivity index (χ1n) is 6.60. The van der Waals surface area contributed by atoms with E-state index in [2.05, 4.69) is 44.7 Å². The third-order valence-corrected chi connectivity index (χ3v) is 3.66. The first kappa shape index (κ1) is 13.9. The second-order valence-corrected chi connectivity index (χ2v) is 5.33. The molecule has 102 valence electrons. The van der Waals surface area contributed by atoms with Crippen LogP contribution in [0.25, 0.3) is 0 Å². The number of hydrogen-bond donors (Lipinski definition) is 1. The molecule has 2 rings (SSSR count). The molecular formula is C13H19N5S. The molecule has 6 heteroatoms. The van der Waals surface area contributed by atoms with E-state index in [1.807, 2.05) is 6.92 Å². The Morgan fingerprint density at radius 1 is 1.11 bits per heavy atom. The Balaban J connectivity index is 1.92. The van der Waals surface area contributed by atoms with Crippen molar-refractivity contribution < 1.29 is 0 Å². The van der Waals surface area contributed by atoms with Gasteiger partial charge in [0, 0.05) is 18.3 Å². The molecule has 0 radical (unpaired) electrons. The smallest absolute Gasteiger partial charge is 0.242 e. The molecule has 2 heterocycles. The second kappa shape index (κ2) is 6.56. The third-order valence-electron chi connectivity index (χ3n) is 2.84. The molecule has 1 N–H and O–H groups in total. The van der Waals surface area contributed by atoms with Gasteiger partial charge in [-0.25, -0.2) is 9.97 Å². The van der Waals surface area contributed by atoms with Gasteiger partial charge in [-0.2, -0.15) is 5.10 Å². The Morgan fingerprint density at radius 2 is 1.89 bits per heavy atom. The molecule has 0 atom stereocenters. The van der Waals surface area contributed by atoms with Crippen LogP contribution in [0.15, 0.2) is 5.38 Å². The van der Waals surface area contributed by atoms with Gasteiger partial charge in [-0.1, -0.05) is 13.8 Å². The lowest BCUT2D eigenvalue weighted by Crippen LogP contribution is -2.12. The molecule has 0 saturated heterocycles. The van der Waals surface area contributed by atoms with Gasteiger partial charge in [-0.3, -0.25) is 0 Å². The number of aryl methyl sites for hydroxylation is 3. The molecule has 0 unspecified atom stereocenters. The summed E-state index contributed by atoms with van der Waals surface area (Å²) in [6.07, 6.45) is 2.64. The van der Waals surface area contributed by atoms with Crippen molar-refractivity contribution >= 4 is 17.3 Å². The van der Waals surface area contributed by atoms with Crippen LogP contribution in [0.3, 0.4) is 0 Å². The zero-order chi connectivity index (χ0) is 13.7. The maximum atomic E-state index is 4.50. The summed E-state index contributed by atoms with van der Waals surface area (Å²) in [5.74, 6) is 0.612. The van der Waals surface area contributed by atoms with Gasteiger partial charge in [0.05, 0.1) is 22.1 Å². The van der Waals surface area contributed by atoms with Crippen LogP contribution in [0, 0.1) is 6.92 Å². The summed E-state index contributed by atoms with van der Waals surface area (Å²) in [5, 5.41) is 14.7. The van der Waals surface area contributed by atoms with Crippen LogP contribution in [0.5, 0.6) is 0 Å². The minimum atomic E-state index is 0.612. The van der Waals surface area contributed by atoms with Gasteiger partial charge in [0.1, 0.15) is 0 Å². The number of nitrogens with zero attached hydrogens (tertiary/aromatic N) is 4. The Labute approximate surface area is 117 Å². The van der Waals surface area contributed by atoms with Crippen LogP contribution in [0.1, 0.15) is 35.9 Å². The van der Waals surface area contributed by atoms with Crippen molar-refractivity contribution in [2.45, 2.75) is 40.0 Å². The Morgan fingerprint density at radius 3 is 2.53 bits per heavy atom. The summed E-state index contributed by atoms with van der Waals surface area (Å²) in [6, 6.07) is 0. The molecule has 2 aromatic heterocycles.